The van der Waals surface area contributed by atoms with Gasteiger partial charge in [-0.25, -0.2) is 0 Å². The Morgan fingerprint density at radius 3 is 2.21 bits per heavy atom. The Labute approximate surface area is 125 Å². The summed E-state index contributed by atoms with van der Waals surface area (Å²) < 4.78 is 6.28. The Kier molecular flexibility index (Phi) is 7.92. The Morgan fingerprint density at radius 2 is 1.84 bits per heavy atom. The van der Waals surface area contributed by atoms with Crippen molar-refractivity contribution in [3.8, 4) is 0 Å². The van der Waals surface area contributed by atoms with Gasteiger partial charge in [-0.3, -0.25) is 4.79 Å². The van der Waals surface area contributed by atoms with Crippen LogP contribution in [0, 0.1) is 5.92 Å². The van der Waals surface area contributed by atoms with Gasteiger partial charge in [0.05, 0.1) is 0 Å². The summed E-state index contributed by atoms with van der Waals surface area (Å²) in [6, 6.07) is 0. The average Bonchev–Trinajstić information content (AvgIpc) is 2.23. The number of hydrogen-bond acceptors (Lipinski definition) is 3. The summed E-state index contributed by atoms with van der Waals surface area (Å²) >= 11 is 1.49. The second kappa shape index (κ2) is 7.84. The van der Waals surface area contributed by atoms with E-state index in [0.29, 0.717) is 11.2 Å². The van der Waals surface area contributed by atoms with E-state index >= 15 is 0 Å². The fourth-order valence-corrected chi connectivity index (χ4v) is 3.82. The van der Waals surface area contributed by atoms with E-state index in [0.717, 1.165) is 19.4 Å². The second-order valence-corrected chi connectivity index (χ2v) is 13.2. The van der Waals surface area contributed by atoms with Gasteiger partial charge in [0.1, 0.15) is 0 Å². The van der Waals surface area contributed by atoms with E-state index in [1.807, 2.05) is 0 Å². The first-order chi connectivity index (χ1) is 8.51. The van der Waals surface area contributed by atoms with Crippen LogP contribution in [0.2, 0.25) is 18.1 Å². The SMILES string of the molecule is CCC[C@H](SC(C)=O)[C@H](C)CO[Si](C)(C)C(C)(C)C. The first kappa shape index (κ1) is 19.2. The zero-order chi connectivity index (χ0) is 15.3. The molecule has 0 fully saturated rings. The summed E-state index contributed by atoms with van der Waals surface area (Å²) in [5, 5.41) is 0.866. The van der Waals surface area contributed by atoms with Crippen LogP contribution in [0.1, 0.15) is 54.4 Å². The Hall–Kier alpha value is 0.197. The predicted octanol–water partition coefficient (Wildman–Crippen LogP) is 5.09. The van der Waals surface area contributed by atoms with Crippen LogP contribution in [-0.4, -0.2) is 25.3 Å². The van der Waals surface area contributed by atoms with Crippen molar-refractivity contribution in [2.45, 2.75) is 77.8 Å². The van der Waals surface area contributed by atoms with Crippen LogP contribution in [-0.2, 0) is 9.22 Å². The molecule has 0 spiro atoms. The van der Waals surface area contributed by atoms with Crippen LogP contribution in [0.25, 0.3) is 0 Å². The van der Waals surface area contributed by atoms with Crippen molar-refractivity contribution in [1.82, 2.24) is 0 Å². The molecule has 0 aliphatic carbocycles. The van der Waals surface area contributed by atoms with Crippen LogP contribution < -0.4 is 0 Å². The minimum Gasteiger partial charge on any atom is -0.417 e. The van der Waals surface area contributed by atoms with Gasteiger partial charge in [-0.15, -0.1) is 0 Å². The molecule has 0 aromatic carbocycles. The first-order valence-corrected chi connectivity index (χ1v) is 11.1. The van der Waals surface area contributed by atoms with Gasteiger partial charge in [0.2, 0.25) is 0 Å². The highest BCUT2D eigenvalue weighted by molar-refractivity contribution is 8.14. The molecule has 0 aliphatic rings. The molecule has 114 valence electrons. The maximum absolute atomic E-state index is 11.3. The van der Waals surface area contributed by atoms with Crippen LogP contribution in [0.3, 0.4) is 0 Å². The summed E-state index contributed by atoms with van der Waals surface area (Å²) in [7, 11) is -1.67. The van der Waals surface area contributed by atoms with Crippen molar-refractivity contribution in [3.05, 3.63) is 0 Å². The number of hydrogen-bond donors (Lipinski definition) is 0. The Morgan fingerprint density at radius 1 is 1.32 bits per heavy atom. The first-order valence-electron chi connectivity index (χ1n) is 7.32. The van der Waals surface area contributed by atoms with Gasteiger partial charge in [-0.1, -0.05) is 52.8 Å². The fraction of sp³-hybridized carbons (Fsp3) is 0.933. The molecule has 0 radical (unpaired) electrons. The Balaban J connectivity index is 4.48. The number of thioether (sulfide) groups is 1. The van der Waals surface area contributed by atoms with Gasteiger partial charge in [0, 0.05) is 18.8 Å². The largest absolute Gasteiger partial charge is 0.417 e. The highest BCUT2D eigenvalue weighted by atomic mass is 32.2. The summed E-state index contributed by atoms with van der Waals surface area (Å²) in [6.07, 6.45) is 2.21. The molecular weight excluding hydrogens is 272 g/mol. The lowest BCUT2D eigenvalue weighted by Crippen LogP contribution is -2.42. The molecule has 19 heavy (non-hydrogen) atoms. The molecule has 0 saturated carbocycles. The monoisotopic (exact) mass is 304 g/mol. The van der Waals surface area contributed by atoms with E-state index in [1.165, 1.54) is 11.8 Å². The summed E-state index contributed by atoms with van der Waals surface area (Å²) in [5.74, 6) is 0.433. The van der Waals surface area contributed by atoms with Crippen molar-refractivity contribution in [2.75, 3.05) is 6.61 Å². The molecule has 0 N–H and O–H groups in total. The molecule has 0 bridgehead atoms. The van der Waals surface area contributed by atoms with Gasteiger partial charge in [0.15, 0.2) is 13.4 Å². The van der Waals surface area contributed by atoms with Crippen LogP contribution in [0.5, 0.6) is 0 Å². The van der Waals surface area contributed by atoms with Crippen LogP contribution in [0.15, 0.2) is 0 Å². The normalized spacial score (nSPS) is 16.2. The molecule has 0 aromatic heterocycles. The van der Waals surface area contributed by atoms with E-state index in [1.54, 1.807) is 6.92 Å². The Bertz CT molecular complexity index is 284. The smallest absolute Gasteiger partial charge is 0.191 e. The van der Waals surface area contributed by atoms with Crippen molar-refractivity contribution in [3.63, 3.8) is 0 Å². The van der Waals surface area contributed by atoms with E-state index in [4.69, 9.17) is 4.43 Å². The predicted molar refractivity (Wildman–Crippen MR) is 89.3 cm³/mol. The molecular formula is C15H32O2SSi. The van der Waals surface area contributed by atoms with Crippen molar-refractivity contribution in [2.24, 2.45) is 5.92 Å². The van der Waals surface area contributed by atoms with Crippen molar-refractivity contribution >= 4 is 25.2 Å². The second-order valence-electron chi connectivity index (χ2n) is 6.99. The number of rotatable bonds is 7. The molecule has 0 heterocycles. The number of carbonyl (C=O) groups is 1. The average molecular weight is 305 g/mol. The van der Waals surface area contributed by atoms with E-state index in [-0.39, 0.29) is 10.2 Å². The molecule has 0 rings (SSSR count). The van der Waals surface area contributed by atoms with Crippen molar-refractivity contribution in [1.29, 1.82) is 0 Å². The standard InChI is InChI=1S/C15H32O2SSi/c1-9-10-14(18-13(3)16)12(2)11-17-19(7,8)15(4,5)6/h12,14H,9-11H2,1-8H3/t12-,14+/m1/s1. The topological polar surface area (TPSA) is 26.3 Å². The van der Waals surface area contributed by atoms with Gasteiger partial charge >= 0.3 is 0 Å². The highest BCUT2D eigenvalue weighted by Gasteiger charge is 2.37. The summed E-state index contributed by atoms with van der Waals surface area (Å²) in [4.78, 5) is 11.3. The molecule has 0 aliphatic heterocycles. The molecule has 0 amide bonds. The molecule has 4 heteroatoms. The third kappa shape index (κ3) is 6.96. The van der Waals surface area contributed by atoms with E-state index in [9.17, 15) is 4.79 Å². The summed E-state index contributed by atoms with van der Waals surface area (Å²) in [5.41, 5.74) is 0. The highest BCUT2D eigenvalue weighted by Crippen LogP contribution is 2.37. The lowest BCUT2D eigenvalue weighted by Gasteiger charge is -2.37. The molecule has 0 saturated heterocycles. The lowest BCUT2D eigenvalue weighted by molar-refractivity contribution is -0.109. The molecule has 0 unspecified atom stereocenters. The quantitative estimate of drug-likeness (QED) is 0.613. The minimum absolute atomic E-state index is 0.220. The fourth-order valence-electron chi connectivity index (χ4n) is 1.62. The van der Waals surface area contributed by atoms with Gasteiger partial charge in [-0.05, 0) is 30.5 Å². The van der Waals surface area contributed by atoms with Gasteiger partial charge < -0.3 is 4.43 Å². The maximum Gasteiger partial charge on any atom is 0.191 e. The lowest BCUT2D eigenvalue weighted by atomic mass is 10.1. The van der Waals surface area contributed by atoms with Crippen LogP contribution >= 0.6 is 11.8 Å². The molecule has 2 nitrogen and oxygen atoms in total. The van der Waals surface area contributed by atoms with Crippen LogP contribution in [0.4, 0.5) is 0 Å². The molecule has 2 atom stereocenters. The van der Waals surface area contributed by atoms with E-state index in [2.05, 4.69) is 47.7 Å². The zero-order valence-corrected chi connectivity index (χ0v) is 15.8. The molecule has 0 aromatic rings. The van der Waals surface area contributed by atoms with Gasteiger partial charge in [0.25, 0.3) is 0 Å². The maximum atomic E-state index is 11.3. The van der Waals surface area contributed by atoms with Gasteiger partial charge in [-0.2, -0.15) is 0 Å². The third-order valence-corrected chi connectivity index (χ3v) is 9.87. The van der Waals surface area contributed by atoms with E-state index < -0.39 is 8.32 Å². The summed E-state index contributed by atoms with van der Waals surface area (Å²) in [6.45, 7) is 18.2. The third-order valence-electron chi connectivity index (χ3n) is 4.04. The number of carbonyl (C=O) groups excluding carboxylic acids is 1. The zero-order valence-electron chi connectivity index (χ0n) is 14.0. The minimum atomic E-state index is -1.67. The van der Waals surface area contributed by atoms with Crippen molar-refractivity contribution < 1.29 is 9.22 Å².